The van der Waals surface area contributed by atoms with Crippen molar-refractivity contribution in [3.05, 3.63) is 30.1 Å². The zero-order valence-corrected chi connectivity index (χ0v) is 11.9. The second-order valence-corrected chi connectivity index (χ2v) is 5.07. The van der Waals surface area contributed by atoms with Gasteiger partial charge < -0.3 is 14.4 Å². The maximum atomic E-state index is 10.8. The van der Waals surface area contributed by atoms with E-state index in [0.29, 0.717) is 13.0 Å². The molecule has 1 N–H and O–H groups in total. The van der Waals surface area contributed by atoms with Crippen LogP contribution < -0.4 is 0 Å². The quantitative estimate of drug-likeness (QED) is 0.843. The zero-order valence-electron chi connectivity index (χ0n) is 11.9. The van der Waals surface area contributed by atoms with Crippen molar-refractivity contribution in [3.63, 3.8) is 0 Å². The van der Waals surface area contributed by atoms with Gasteiger partial charge in [0.1, 0.15) is 5.82 Å². The predicted octanol–water partition coefficient (Wildman–Crippen LogP) is 2.34. The second kappa shape index (κ2) is 6.52. The average Bonchev–Trinajstić information content (AvgIpc) is 2.72. The number of aliphatic carboxylic acids is 1. The van der Waals surface area contributed by atoms with Crippen LogP contribution in [0, 0.1) is 5.92 Å². The van der Waals surface area contributed by atoms with Crippen LogP contribution in [-0.2, 0) is 22.5 Å². The van der Waals surface area contributed by atoms with Crippen molar-refractivity contribution in [3.8, 4) is 0 Å². The lowest BCUT2D eigenvalue weighted by Gasteiger charge is -2.11. The number of rotatable bonds is 7. The molecule has 1 unspecified atom stereocenters. The Balaban J connectivity index is 2.28. The summed E-state index contributed by atoms with van der Waals surface area (Å²) in [6, 6.07) is 7.95. The van der Waals surface area contributed by atoms with Gasteiger partial charge >= 0.3 is 5.97 Å². The first-order valence-electron chi connectivity index (χ1n) is 6.76. The smallest absolute Gasteiger partial charge is 0.303 e. The minimum atomic E-state index is -0.767. The highest BCUT2D eigenvalue weighted by Gasteiger charge is 2.15. The monoisotopic (exact) mass is 276 g/mol. The summed E-state index contributed by atoms with van der Waals surface area (Å²) in [6.45, 7) is 3.28. The number of methoxy groups -OCH3 is 1. The van der Waals surface area contributed by atoms with Crippen molar-refractivity contribution < 1.29 is 14.6 Å². The number of ether oxygens (including phenoxy) is 1. The summed E-state index contributed by atoms with van der Waals surface area (Å²) in [6.07, 6.45) is 0.818. The van der Waals surface area contributed by atoms with E-state index in [-0.39, 0.29) is 12.3 Å². The Labute approximate surface area is 118 Å². The third kappa shape index (κ3) is 3.36. The number of benzene rings is 1. The van der Waals surface area contributed by atoms with E-state index in [1.165, 1.54) is 0 Å². The highest BCUT2D eigenvalue weighted by molar-refractivity contribution is 5.76. The van der Waals surface area contributed by atoms with E-state index in [0.717, 1.165) is 23.4 Å². The molecule has 5 heteroatoms. The largest absolute Gasteiger partial charge is 0.481 e. The molecule has 0 aliphatic heterocycles. The van der Waals surface area contributed by atoms with Gasteiger partial charge in [-0.05, 0) is 18.1 Å². The first kappa shape index (κ1) is 14.5. The molecule has 1 heterocycles. The Bertz CT molecular complexity index is 592. The Morgan fingerprint density at radius 2 is 2.20 bits per heavy atom. The van der Waals surface area contributed by atoms with E-state index in [1.54, 1.807) is 7.11 Å². The summed E-state index contributed by atoms with van der Waals surface area (Å²) in [7, 11) is 1.67. The van der Waals surface area contributed by atoms with Crippen LogP contribution >= 0.6 is 0 Å². The topological polar surface area (TPSA) is 64.3 Å². The lowest BCUT2D eigenvalue weighted by Crippen LogP contribution is -2.13. The van der Waals surface area contributed by atoms with Gasteiger partial charge in [0.25, 0.3) is 0 Å². The zero-order chi connectivity index (χ0) is 14.5. The third-order valence-corrected chi connectivity index (χ3v) is 3.31. The standard InChI is InChI=1S/C15H20N2O3/c1-11(10-15(18)19)9-14-16-12-5-3-4-6-13(12)17(14)7-8-20-2/h3-6,11H,7-10H2,1-2H3,(H,18,19). The van der Waals surface area contributed by atoms with Gasteiger partial charge in [0.15, 0.2) is 0 Å². The van der Waals surface area contributed by atoms with Gasteiger partial charge in [-0.15, -0.1) is 0 Å². The fourth-order valence-electron chi connectivity index (χ4n) is 2.40. The molecular formula is C15H20N2O3. The Hall–Kier alpha value is -1.88. The molecule has 20 heavy (non-hydrogen) atoms. The molecule has 1 aromatic heterocycles. The van der Waals surface area contributed by atoms with Crippen molar-refractivity contribution in [1.82, 2.24) is 9.55 Å². The molecule has 0 saturated heterocycles. The molecule has 0 bridgehead atoms. The van der Waals surface area contributed by atoms with Crippen LogP contribution in [0.2, 0.25) is 0 Å². The summed E-state index contributed by atoms with van der Waals surface area (Å²) >= 11 is 0. The number of hydrogen-bond acceptors (Lipinski definition) is 3. The molecule has 0 aliphatic carbocycles. The fourth-order valence-corrected chi connectivity index (χ4v) is 2.40. The number of aromatic nitrogens is 2. The molecule has 0 radical (unpaired) electrons. The van der Waals surface area contributed by atoms with Gasteiger partial charge in [0.05, 0.1) is 17.6 Å². The molecule has 0 amide bonds. The normalized spacial score (nSPS) is 12.7. The predicted molar refractivity (Wildman–Crippen MR) is 76.7 cm³/mol. The van der Waals surface area contributed by atoms with Crippen molar-refractivity contribution in [2.45, 2.75) is 26.3 Å². The van der Waals surface area contributed by atoms with Crippen LogP contribution in [0.3, 0.4) is 0 Å². The molecule has 1 atom stereocenters. The number of carboxylic acid groups (broad SMARTS) is 1. The lowest BCUT2D eigenvalue weighted by molar-refractivity contribution is -0.137. The number of carboxylic acids is 1. The summed E-state index contributed by atoms with van der Waals surface area (Å²) in [5.41, 5.74) is 2.02. The van der Waals surface area contributed by atoms with Crippen LogP contribution in [0.25, 0.3) is 11.0 Å². The van der Waals surface area contributed by atoms with Crippen LogP contribution in [0.5, 0.6) is 0 Å². The number of fused-ring (bicyclic) bond motifs is 1. The highest BCUT2D eigenvalue weighted by atomic mass is 16.5. The summed E-state index contributed by atoms with van der Waals surface area (Å²) in [4.78, 5) is 15.4. The van der Waals surface area contributed by atoms with Crippen molar-refractivity contribution in [2.75, 3.05) is 13.7 Å². The second-order valence-electron chi connectivity index (χ2n) is 5.07. The molecule has 0 fully saturated rings. The van der Waals surface area contributed by atoms with E-state index in [2.05, 4.69) is 9.55 Å². The molecular weight excluding hydrogens is 256 g/mol. The Kier molecular flexibility index (Phi) is 4.74. The Morgan fingerprint density at radius 1 is 1.45 bits per heavy atom. The molecule has 5 nitrogen and oxygen atoms in total. The number of imidazole rings is 1. The van der Waals surface area contributed by atoms with E-state index in [4.69, 9.17) is 9.84 Å². The van der Waals surface area contributed by atoms with Gasteiger partial charge in [-0.1, -0.05) is 19.1 Å². The van der Waals surface area contributed by atoms with E-state index >= 15 is 0 Å². The summed E-state index contributed by atoms with van der Waals surface area (Å²) < 4.78 is 7.27. The molecule has 2 aromatic rings. The van der Waals surface area contributed by atoms with Gasteiger partial charge in [-0.2, -0.15) is 0 Å². The average molecular weight is 276 g/mol. The molecule has 0 aliphatic rings. The van der Waals surface area contributed by atoms with Gasteiger partial charge in [-0.3, -0.25) is 4.79 Å². The first-order chi connectivity index (χ1) is 9.61. The number of nitrogens with zero attached hydrogens (tertiary/aromatic N) is 2. The molecule has 0 saturated carbocycles. The fraction of sp³-hybridized carbons (Fsp3) is 0.467. The number of hydrogen-bond donors (Lipinski definition) is 1. The molecule has 108 valence electrons. The first-order valence-corrected chi connectivity index (χ1v) is 6.76. The lowest BCUT2D eigenvalue weighted by atomic mass is 10.0. The van der Waals surface area contributed by atoms with Crippen molar-refractivity contribution >= 4 is 17.0 Å². The van der Waals surface area contributed by atoms with Crippen LogP contribution in [0.4, 0.5) is 0 Å². The van der Waals surface area contributed by atoms with Gasteiger partial charge in [0.2, 0.25) is 0 Å². The van der Waals surface area contributed by atoms with E-state index in [9.17, 15) is 4.79 Å². The highest BCUT2D eigenvalue weighted by Crippen LogP contribution is 2.19. The van der Waals surface area contributed by atoms with E-state index in [1.807, 2.05) is 31.2 Å². The minimum absolute atomic E-state index is 0.0607. The van der Waals surface area contributed by atoms with Crippen LogP contribution in [-0.4, -0.2) is 34.3 Å². The van der Waals surface area contributed by atoms with Crippen LogP contribution in [0.15, 0.2) is 24.3 Å². The third-order valence-electron chi connectivity index (χ3n) is 3.31. The molecule has 1 aromatic carbocycles. The van der Waals surface area contributed by atoms with Crippen LogP contribution in [0.1, 0.15) is 19.2 Å². The molecule has 0 spiro atoms. The van der Waals surface area contributed by atoms with Crippen molar-refractivity contribution in [1.29, 1.82) is 0 Å². The SMILES string of the molecule is COCCn1c(CC(C)CC(=O)O)nc2ccccc21. The summed E-state index contributed by atoms with van der Waals surface area (Å²) in [5, 5.41) is 8.87. The van der Waals surface area contributed by atoms with E-state index < -0.39 is 5.97 Å². The summed E-state index contributed by atoms with van der Waals surface area (Å²) in [5.74, 6) is 0.222. The molecule has 2 rings (SSSR count). The number of carbonyl (C=O) groups is 1. The Morgan fingerprint density at radius 3 is 2.90 bits per heavy atom. The number of para-hydroxylation sites is 2. The van der Waals surface area contributed by atoms with Gasteiger partial charge in [-0.25, -0.2) is 4.98 Å². The maximum absolute atomic E-state index is 10.8. The minimum Gasteiger partial charge on any atom is -0.481 e. The van der Waals surface area contributed by atoms with Gasteiger partial charge in [0, 0.05) is 26.5 Å². The maximum Gasteiger partial charge on any atom is 0.303 e. The van der Waals surface area contributed by atoms with Crippen molar-refractivity contribution in [2.24, 2.45) is 5.92 Å².